The van der Waals surface area contributed by atoms with E-state index in [-0.39, 0.29) is 11.9 Å². The van der Waals surface area contributed by atoms with Crippen LogP contribution in [0.2, 0.25) is 0 Å². The largest absolute Gasteiger partial charge is 0.323 e. The maximum absolute atomic E-state index is 11.5. The molecular formula is C13H15N3O. The Labute approximate surface area is 101 Å². The summed E-state index contributed by atoms with van der Waals surface area (Å²) in [5.74, 6) is 0.145. The second kappa shape index (κ2) is 4.56. The Morgan fingerprint density at radius 1 is 1.53 bits per heavy atom. The molecule has 2 rings (SSSR count). The van der Waals surface area contributed by atoms with E-state index in [0.29, 0.717) is 12.8 Å². The molecule has 1 aromatic rings. The Morgan fingerprint density at radius 2 is 2.29 bits per heavy atom. The van der Waals surface area contributed by atoms with E-state index in [1.54, 1.807) is 11.9 Å². The summed E-state index contributed by atoms with van der Waals surface area (Å²) in [5, 5.41) is 8.63. The SMILES string of the molecule is CN1C(=O)CCc2cc(C(N)CC#N)ccc21. The van der Waals surface area contributed by atoms with Crippen molar-refractivity contribution >= 4 is 11.6 Å². The first-order chi connectivity index (χ1) is 8.13. The van der Waals surface area contributed by atoms with Crippen molar-refractivity contribution in [2.45, 2.75) is 25.3 Å². The first-order valence-corrected chi connectivity index (χ1v) is 5.65. The molecule has 17 heavy (non-hydrogen) atoms. The molecule has 1 amide bonds. The Balaban J connectivity index is 2.33. The minimum absolute atomic E-state index is 0.145. The van der Waals surface area contributed by atoms with Crippen molar-refractivity contribution < 1.29 is 4.79 Å². The Morgan fingerprint density at radius 3 is 3.00 bits per heavy atom. The highest BCUT2D eigenvalue weighted by Crippen LogP contribution is 2.29. The summed E-state index contributed by atoms with van der Waals surface area (Å²) in [6.45, 7) is 0. The third-order valence-electron chi connectivity index (χ3n) is 3.19. The Hall–Kier alpha value is -1.86. The van der Waals surface area contributed by atoms with Crippen LogP contribution in [0.1, 0.15) is 30.0 Å². The lowest BCUT2D eigenvalue weighted by Crippen LogP contribution is -2.31. The predicted molar refractivity (Wildman–Crippen MR) is 65.3 cm³/mol. The molecule has 4 heteroatoms. The predicted octanol–water partition coefficient (Wildman–Crippen LogP) is 1.51. The average molecular weight is 229 g/mol. The molecule has 0 fully saturated rings. The molecule has 1 atom stereocenters. The fourth-order valence-electron chi connectivity index (χ4n) is 2.12. The van der Waals surface area contributed by atoms with Gasteiger partial charge in [0, 0.05) is 25.2 Å². The summed E-state index contributed by atoms with van der Waals surface area (Å²) in [7, 11) is 1.79. The van der Waals surface area contributed by atoms with Crippen LogP contribution in [0, 0.1) is 11.3 Å². The number of nitrogens with zero attached hydrogens (tertiary/aromatic N) is 2. The molecule has 2 N–H and O–H groups in total. The lowest BCUT2D eigenvalue weighted by Gasteiger charge is -2.26. The van der Waals surface area contributed by atoms with Gasteiger partial charge in [-0.15, -0.1) is 0 Å². The fourth-order valence-corrected chi connectivity index (χ4v) is 2.12. The van der Waals surface area contributed by atoms with Crippen LogP contribution in [0.5, 0.6) is 0 Å². The van der Waals surface area contributed by atoms with Crippen molar-refractivity contribution in [2.24, 2.45) is 5.73 Å². The Bertz CT molecular complexity index is 490. The zero-order valence-electron chi connectivity index (χ0n) is 9.81. The van der Waals surface area contributed by atoms with Gasteiger partial charge in [0.05, 0.1) is 12.5 Å². The highest BCUT2D eigenvalue weighted by molar-refractivity contribution is 5.95. The molecule has 1 aliphatic heterocycles. The van der Waals surface area contributed by atoms with Gasteiger partial charge < -0.3 is 10.6 Å². The van der Waals surface area contributed by atoms with Gasteiger partial charge in [0.15, 0.2) is 0 Å². The van der Waals surface area contributed by atoms with Crippen LogP contribution in [0.4, 0.5) is 5.69 Å². The first kappa shape index (κ1) is 11.6. The lowest BCUT2D eigenvalue weighted by atomic mass is 9.96. The second-order valence-corrected chi connectivity index (χ2v) is 4.31. The van der Waals surface area contributed by atoms with E-state index < -0.39 is 0 Å². The number of rotatable bonds is 2. The first-order valence-electron chi connectivity index (χ1n) is 5.65. The van der Waals surface area contributed by atoms with Gasteiger partial charge in [-0.2, -0.15) is 5.26 Å². The van der Waals surface area contributed by atoms with Gasteiger partial charge in [0.2, 0.25) is 5.91 Å². The van der Waals surface area contributed by atoms with E-state index in [2.05, 4.69) is 6.07 Å². The van der Waals surface area contributed by atoms with Crippen LogP contribution >= 0.6 is 0 Å². The monoisotopic (exact) mass is 229 g/mol. The number of carbonyl (C=O) groups excluding carboxylic acids is 1. The summed E-state index contributed by atoms with van der Waals surface area (Å²) < 4.78 is 0. The summed E-state index contributed by atoms with van der Waals surface area (Å²) >= 11 is 0. The number of nitriles is 1. The molecule has 1 aliphatic rings. The van der Waals surface area contributed by atoms with E-state index in [0.717, 1.165) is 23.2 Å². The standard InChI is InChI=1S/C13H15N3O/c1-16-12-4-2-9(11(15)6-7-14)8-10(12)3-5-13(16)17/h2,4,8,11H,3,5-6,15H2,1H3. The average Bonchev–Trinajstić information content (AvgIpc) is 2.34. The van der Waals surface area contributed by atoms with Crippen LogP contribution in [-0.2, 0) is 11.2 Å². The topological polar surface area (TPSA) is 70.1 Å². The summed E-state index contributed by atoms with van der Waals surface area (Å²) in [5.41, 5.74) is 8.95. The zero-order chi connectivity index (χ0) is 12.4. The smallest absolute Gasteiger partial charge is 0.227 e. The van der Waals surface area contributed by atoms with Gasteiger partial charge in [-0.3, -0.25) is 4.79 Å². The van der Waals surface area contributed by atoms with Crippen LogP contribution in [0.3, 0.4) is 0 Å². The van der Waals surface area contributed by atoms with Crippen LogP contribution in [0.25, 0.3) is 0 Å². The van der Waals surface area contributed by atoms with E-state index in [1.807, 2.05) is 18.2 Å². The maximum atomic E-state index is 11.5. The Kier molecular flexibility index (Phi) is 3.12. The molecular weight excluding hydrogens is 214 g/mol. The highest BCUT2D eigenvalue weighted by Gasteiger charge is 2.21. The summed E-state index contributed by atoms with van der Waals surface area (Å²) in [6.07, 6.45) is 1.61. The molecule has 0 aliphatic carbocycles. The van der Waals surface area contributed by atoms with E-state index in [9.17, 15) is 4.79 Å². The van der Waals surface area contributed by atoms with Gasteiger partial charge in [-0.1, -0.05) is 12.1 Å². The van der Waals surface area contributed by atoms with Crippen LogP contribution in [-0.4, -0.2) is 13.0 Å². The lowest BCUT2D eigenvalue weighted by molar-refractivity contribution is -0.118. The van der Waals surface area contributed by atoms with E-state index in [4.69, 9.17) is 11.0 Å². The fraction of sp³-hybridized carbons (Fsp3) is 0.385. The van der Waals surface area contributed by atoms with Crippen LogP contribution in [0.15, 0.2) is 18.2 Å². The number of amides is 1. The number of nitrogens with two attached hydrogens (primary N) is 1. The molecule has 88 valence electrons. The minimum Gasteiger partial charge on any atom is -0.323 e. The van der Waals surface area contributed by atoms with Crippen molar-refractivity contribution in [3.63, 3.8) is 0 Å². The molecule has 0 saturated heterocycles. The van der Waals surface area contributed by atoms with E-state index in [1.165, 1.54) is 0 Å². The molecule has 1 unspecified atom stereocenters. The molecule has 1 heterocycles. The van der Waals surface area contributed by atoms with Crippen molar-refractivity contribution in [1.29, 1.82) is 5.26 Å². The van der Waals surface area contributed by atoms with Gasteiger partial charge in [-0.05, 0) is 23.6 Å². The van der Waals surface area contributed by atoms with Gasteiger partial charge in [0.1, 0.15) is 0 Å². The zero-order valence-corrected chi connectivity index (χ0v) is 9.81. The number of fused-ring (bicyclic) bond motifs is 1. The van der Waals surface area contributed by atoms with Crippen molar-refractivity contribution in [3.8, 4) is 6.07 Å². The number of anilines is 1. The maximum Gasteiger partial charge on any atom is 0.227 e. The normalized spacial score (nSPS) is 16.3. The van der Waals surface area contributed by atoms with Gasteiger partial charge >= 0.3 is 0 Å². The summed E-state index contributed by atoms with van der Waals surface area (Å²) in [6, 6.07) is 7.66. The van der Waals surface area contributed by atoms with E-state index >= 15 is 0 Å². The second-order valence-electron chi connectivity index (χ2n) is 4.31. The number of carbonyl (C=O) groups is 1. The number of hydrogen-bond donors (Lipinski definition) is 1. The number of hydrogen-bond acceptors (Lipinski definition) is 3. The minimum atomic E-state index is -0.242. The van der Waals surface area contributed by atoms with Crippen molar-refractivity contribution in [2.75, 3.05) is 11.9 Å². The quantitative estimate of drug-likeness (QED) is 0.835. The molecule has 4 nitrogen and oxygen atoms in total. The molecule has 0 radical (unpaired) electrons. The van der Waals surface area contributed by atoms with Crippen LogP contribution < -0.4 is 10.6 Å². The third kappa shape index (κ3) is 2.15. The van der Waals surface area contributed by atoms with Crippen molar-refractivity contribution in [3.05, 3.63) is 29.3 Å². The third-order valence-corrected chi connectivity index (χ3v) is 3.19. The molecule has 1 aromatic carbocycles. The van der Waals surface area contributed by atoms with Crippen molar-refractivity contribution in [1.82, 2.24) is 0 Å². The molecule has 0 spiro atoms. The van der Waals surface area contributed by atoms with Gasteiger partial charge in [-0.25, -0.2) is 0 Å². The van der Waals surface area contributed by atoms with Gasteiger partial charge in [0.25, 0.3) is 0 Å². The highest BCUT2D eigenvalue weighted by atomic mass is 16.2. The summed E-state index contributed by atoms with van der Waals surface area (Å²) in [4.78, 5) is 13.2. The number of benzene rings is 1. The molecule has 0 aromatic heterocycles. The number of aryl methyl sites for hydroxylation is 1. The molecule has 0 bridgehead atoms. The molecule has 0 saturated carbocycles.